The Balaban J connectivity index is 1.60. The monoisotopic (exact) mass is 607 g/mol. The van der Waals surface area contributed by atoms with Crippen molar-refractivity contribution in [3.63, 3.8) is 0 Å². The summed E-state index contributed by atoms with van der Waals surface area (Å²) in [6, 6.07) is 8.66. The Labute approximate surface area is 261 Å². The minimum absolute atomic E-state index is 0.00161. The van der Waals surface area contributed by atoms with Crippen molar-refractivity contribution in [2.75, 3.05) is 26.2 Å². The largest absolute Gasteiger partial charge is 0.394 e. The van der Waals surface area contributed by atoms with Gasteiger partial charge < -0.3 is 19.8 Å². The highest BCUT2D eigenvalue weighted by Crippen LogP contribution is 2.69. The van der Waals surface area contributed by atoms with Crippen LogP contribution in [0, 0.1) is 17.8 Å². The molecule has 7 atom stereocenters. The van der Waals surface area contributed by atoms with Crippen LogP contribution in [-0.2, 0) is 20.8 Å². The van der Waals surface area contributed by atoms with Crippen molar-refractivity contribution in [2.24, 2.45) is 17.8 Å². The van der Waals surface area contributed by atoms with Crippen LogP contribution in [0.1, 0.15) is 64.4 Å². The number of rotatable bonds is 13. The zero-order valence-electron chi connectivity index (χ0n) is 25.9. The summed E-state index contributed by atoms with van der Waals surface area (Å²) in [7, 11) is 0. The van der Waals surface area contributed by atoms with Gasteiger partial charge in [-0.05, 0) is 43.6 Å². The first-order valence-corrected chi connectivity index (χ1v) is 17.2. The molecule has 3 heterocycles. The van der Waals surface area contributed by atoms with E-state index in [0.717, 1.165) is 44.1 Å². The molecule has 1 saturated carbocycles. The quantitative estimate of drug-likeness (QED) is 0.329. The molecule has 7 nitrogen and oxygen atoms in total. The maximum Gasteiger partial charge on any atom is 0.247 e. The van der Waals surface area contributed by atoms with Gasteiger partial charge >= 0.3 is 0 Å². The fourth-order valence-electron chi connectivity index (χ4n) is 8.59. The maximum absolute atomic E-state index is 15.0. The van der Waals surface area contributed by atoms with E-state index in [0.29, 0.717) is 26.1 Å². The second-order valence-electron chi connectivity index (χ2n) is 13.0. The van der Waals surface area contributed by atoms with Crippen LogP contribution < -0.4 is 0 Å². The number of hydrogen-bond acceptors (Lipinski definition) is 5. The summed E-state index contributed by atoms with van der Waals surface area (Å²) in [5.74, 6) is -1.20. The number of fused-ring (bicyclic) bond motifs is 1. The number of nitrogens with zero attached hydrogens (tertiary/aromatic N) is 3. The van der Waals surface area contributed by atoms with Gasteiger partial charge in [-0.1, -0.05) is 75.6 Å². The molecule has 4 aliphatic rings. The van der Waals surface area contributed by atoms with E-state index < -0.39 is 28.7 Å². The summed E-state index contributed by atoms with van der Waals surface area (Å²) in [4.78, 5) is 49.7. The normalized spacial score (nSPS) is 30.6. The molecule has 5 rings (SSSR count). The molecule has 2 bridgehead atoms. The lowest BCUT2D eigenvalue weighted by molar-refractivity contribution is -0.148. The summed E-state index contributed by atoms with van der Waals surface area (Å²) in [5, 5.41) is 10.8. The molecular formula is C35H49N3O4S. The Morgan fingerprint density at radius 3 is 2.44 bits per heavy atom. The molecule has 0 radical (unpaired) electrons. The van der Waals surface area contributed by atoms with Crippen molar-refractivity contribution in [1.29, 1.82) is 0 Å². The third-order valence-electron chi connectivity index (χ3n) is 10.4. The van der Waals surface area contributed by atoms with Crippen molar-refractivity contribution in [3.05, 3.63) is 61.2 Å². The molecule has 3 saturated heterocycles. The number of hydrogen-bond donors (Lipinski definition) is 1. The molecule has 1 aliphatic carbocycles. The van der Waals surface area contributed by atoms with Crippen LogP contribution in [-0.4, -0.2) is 91.9 Å². The Morgan fingerprint density at radius 1 is 1.12 bits per heavy atom. The second-order valence-corrected chi connectivity index (χ2v) is 14.5. The molecule has 3 amide bonds. The third-order valence-corrected chi connectivity index (χ3v) is 12.5. The Kier molecular flexibility index (Phi) is 10.1. The number of aliphatic hydroxyl groups is 1. The van der Waals surface area contributed by atoms with E-state index in [1.807, 2.05) is 40.1 Å². The van der Waals surface area contributed by atoms with E-state index >= 15 is 4.79 Å². The first-order valence-electron chi connectivity index (χ1n) is 16.3. The van der Waals surface area contributed by atoms with Gasteiger partial charge in [0.25, 0.3) is 0 Å². The molecule has 8 heteroatoms. The van der Waals surface area contributed by atoms with Gasteiger partial charge in [-0.2, -0.15) is 0 Å². The minimum atomic E-state index is -0.741. The molecular weight excluding hydrogens is 558 g/mol. The highest BCUT2D eigenvalue weighted by Gasteiger charge is 2.77. The topological polar surface area (TPSA) is 81.2 Å². The molecule has 4 fully saturated rings. The van der Waals surface area contributed by atoms with Gasteiger partial charge in [0.15, 0.2) is 0 Å². The van der Waals surface area contributed by atoms with E-state index in [1.165, 1.54) is 6.42 Å². The predicted molar refractivity (Wildman–Crippen MR) is 172 cm³/mol. The van der Waals surface area contributed by atoms with Crippen molar-refractivity contribution >= 4 is 29.5 Å². The van der Waals surface area contributed by atoms with E-state index in [4.69, 9.17) is 0 Å². The van der Waals surface area contributed by atoms with Gasteiger partial charge in [0.2, 0.25) is 17.7 Å². The Hall–Kier alpha value is -2.58. The molecule has 1 spiro atoms. The molecule has 3 unspecified atom stereocenters. The van der Waals surface area contributed by atoms with Crippen LogP contribution in [0.15, 0.2) is 55.6 Å². The fraction of sp³-hybridized carbons (Fsp3) is 0.629. The van der Waals surface area contributed by atoms with Crippen LogP contribution in [0.25, 0.3) is 0 Å². The van der Waals surface area contributed by atoms with Crippen molar-refractivity contribution in [1.82, 2.24) is 14.7 Å². The van der Waals surface area contributed by atoms with Crippen molar-refractivity contribution in [3.8, 4) is 0 Å². The Bertz CT molecular complexity index is 1190. The number of likely N-dealkylation sites (tertiary alicyclic amines) is 1. The van der Waals surface area contributed by atoms with E-state index in [-0.39, 0.29) is 41.5 Å². The number of amides is 3. The second kappa shape index (κ2) is 13.6. The molecule has 1 aromatic carbocycles. The van der Waals surface area contributed by atoms with Gasteiger partial charge in [-0.3, -0.25) is 14.4 Å². The zero-order valence-corrected chi connectivity index (χ0v) is 26.7. The fourth-order valence-corrected chi connectivity index (χ4v) is 11.0. The van der Waals surface area contributed by atoms with Crippen molar-refractivity contribution in [2.45, 2.75) is 93.3 Å². The third kappa shape index (κ3) is 5.58. The number of thioether (sulfide) groups is 1. The number of carbonyl (C=O) groups is 3. The van der Waals surface area contributed by atoms with Crippen LogP contribution in [0.2, 0.25) is 0 Å². The minimum Gasteiger partial charge on any atom is -0.394 e. The summed E-state index contributed by atoms with van der Waals surface area (Å²) >= 11 is 1.72. The van der Waals surface area contributed by atoms with Crippen LogP contribution >= 0.6 is 11.8 Å². The van der Waals surface area contributed by atoms with Crippen LogP contribution in [0.5, 0.6) is 0 Å². The molecule has 0 aromatic heterocycles. The molecule has 1 aromatic rings. The van der Waals surface area contributed by atoms with Crippen molar-refractivity contribution < 1.29 is 19.5 Å². The molecule has 1 N–H and O–H groups in total. The average molecular weight is 608 g/mol. The lowest BCUT2D eigenvalue weighted by atomic mass is 9.65. The van der Waals surface area contributed by atoms with Gasteiger partial charge in [0.1, 0.15) is 6.04 Å². The number of aliphatic hydroxyl groups excluding tert-OH is 1. The van der Waals surface area contributed by atoms with Gasteiger partial charge in [0, 0.05) is 30.9 Å². The van der Waals surface area contributed by atoms with Gasteiger partial charge in [-0.25, -0.2) is 0 Å². The number of carbonyl (C=O) groups excluding carboxylic acids is 3. The summed E-state index contributed by atoms with van der Waals surface area (Å²) in [5.41, 5.74) is 1.00. The lowest BCUT2D eigenvalue weighted by Gasteiger charge is -2.44. The number of benzene rings is 1. The summed E-state index contributed by atoms with van der Waals surface area (Å²) in [6.07, 6.45) is 10.8. The van der Waals surface area contributed by atoms with E-state index in [1.54, 1.807) is 28.8 Å². The molecule has 3 aliphatic heterocycles. The van der Waals surface area contributed by atoms with E-state index in [2.05, 4.69) is 27.0 Å². The predicted octanol–water partition coefficient (Wildman–Crippen LogP) is 4.70. The zero-order chi connectivity index (χ0) is 30.7. The maximum atomic E-state index is 15.0. The highest BCUT2D eigenvalue weighted by molar-refractivity contribution is 8.02. The SMILES string of the molecule is C=CCN(CCC)C(=O)[C@@H]1[C@H]2C(=O)N([C@@H](CO)Cc3ccccc3)C(C(=O)N(CC=C)C3CCCCC3)C23S[C@@H]1CC3C. The average Bonchev–Trinajstić information content (AvgIpc) is 3.62. The smallest absolute Gasteiger partial charge is 0.247 e. The lowest BCUT2D eigenvalue weighted by Crippen LogP contribution is -2.61. The van der Waals surface area contributed by atoms with Crippen LogP contribution in [0.4, 0.5) is 0 Å². The first kappa shape index (κ1) is 31.8. The molecule has 43 heavy (non-hydrogen) atoms. The summed E-state index contributed by atoms with van der Waals surface area (Å²) < 4.78 is -0.719. The Morgan fingerprint density at radius 2 is 1.81 bits per heavy atom. The first-order chi connectivity index (χ1) is 20.8. The van der Waals surface area contributed by atoms with Gasteiger partial charge in [0.05, 0.1) is 29.2 Å². The van der Waals surface area contributed by atoms with Gasteiger partial charge in [-0.15, -0.1) is 24.9 Å². The molecule has 234 valence electrons. The summed E-state index contributed by atoms with van der Waals surface area (Å²) in [6.45, 7) is 13.3. The highest BCUT2D eigenvalue weighted by atomic mass is 32.2. The van der Waals surface area contributed by atoms with Crippen LogP contribution in [0.3, 0.4) is 0 Å². The van der Waals surface area contributed by atoms with E-state index in [9.17, 15) is 14.7 Å². The standard InChI is InChI=1S/C35H49N3O4S/c1-5-18-36(19-6-2)32(40)29-28-21-24(4)35(43-28)30(29)33(41)38(27(23-39)22-25-14-10-8-11-15-25)31(35)34(42)37(20-7-3)26-16-12-9-13-17-26/h5,7-8,10-11,14-15,24,26-31,39H,1,3,6,9,12-13,16-23H2,2,4H3/t24?,27-,28-,29+,30+,31?,35?/m1/s1.